The van der Waals surface area contributed by atoms with Crippen molar-refractivity contribution < 1.29 is 0 Å². The molecular weight excluding hydrogens is 532 g/mol. The molecule has 0 bridgehead atoms. The van der Waals surface area contributed by atoms with Gasteiger partial charge in [-0.2, -0.15) is 0 Å². The molecule has 4 aromatic rings. The second-order valence-electron chi connectivity index (χ2n) is 11.7. The Kier molecular flexibility index (Phi) is 8.21. The van der Waals surface area contributed by atoms with Crippen LogP contribution in [0, 0.1) is 13.8 Å². The molecule has 0 spiro atoms. The summed E-state index contributed by atoms with van der Waals surface area (Å²) in [6, 6.07) is 13.7. The standard InChI is InChI=1S/C42H42N2/c1-11-17-20-33-28(7)43(40(15-5)32(33)14-4)30-22-24-35-36-25-23-31(27-39(36)42(9,10)38(35)26-30)44-29(8)34(21-18-12-2)37(19-13-3)41(44)16-6/h11-27H,1-2,4-6H2,3,7-10H3/b19-13-,20-17-,21-18-. The van der Waals surface area contributed by atoms with E-state index < -0.39 is 0 Å². The molecule has 2 nitrogen and oxygen atoms in total. The van der Waals surface area contributed by atoms with Crippen LogP contribution in [0.5, 0.6) is 0 Å². The maximum Gasteiger partial charge on any atom is 0.0531 e. The van der Waals surface area contributed by atoms with Gasteiger partial charge >= 0.3 is 0 Å². The molecule has 0 amide bonds. The Bertz CT molecular complexity index is 1940. The normalized spacial score (nSPS) is 13.5. The number of allylic oxidation sites excluding steroid dienone is 5. The van der Waals surface area contributed by atoms with Crippen molar-refractivity contribution in [3.63, 3.8) is 0 Å². The van der Waals surface area contributed by atoms with Gasteiger partial charge in [0.1, 0.15) is 0 Å². The molecule has 2 aromatic heterocycles. The van der Waals surface area contributed by atoms with Crippen molar-refractivity contribution in [1.82, 2.24) is 9.13 Å². The monoisotopic (exact) mass is 574 g/mol. The lowest BCUT2D eigenvalue weighted by Gasteiger charge is -2.23. The molecule has 44 heavy (non-hydrogen) atoms. The molecular formula is C42H42N2. The lowest BCUT2D eigenvalue weighted by Crippen LogP contribution is -2.16. The summed E-state index contributed by atoms with van der Waals surface area (Å²) in [5, 5.41) is 0. The van der Waals surface area contributed by atoms with Gasteiger partial charge in [-0.25, -0.2) is 0 Å². The van der Waals surface area contributed by atoms with Crippen LogP contribution in [-0.2, 0) is 5.41 Å². The van der Waals surface area contributed by atoms with Crippen molar-refractivity contribution in [1.29, 1.82) is 0 Å². The van der Waals surface area contributed by atoms with Gasteiger partial charge in [0.2, 0.25) is 0 Å². The van der Waals surface area contributed by atoms with Crippen LogP contribution in [0.1, 0.15) is 76.9 Å². The zero-order valence-corrected chi connectivity index (χ0v) is 26.7. The highest BCUT2D eigenvalue weighted by Crippen LogP contribution is 2.50. The summed E-state index contributed by atoms with van der Waals surface area (Å²) in [7, 11) is 0. The summed E-state index contributed by atoms with van der Waals surface area (Å²) in [4.78, 5) is 0. The predicted molar refractivity (Wildman–Crippen MR) is 196 cm³/mol. The van der Waals surface area contributed by atoms with Gasteiger partial charge in [0.05, 0.1) is 11.4 Å². The molecule has 2 heteroatoms. The van der Waals surface area contributed by atoms with Crippen LogP contribution in [-0.4, -0.2) is 9.13 Å². The quantitative estimate of drug-likeness (QED) is 0.167. The summed E-state index contributed by atoms with van der Waals surface area (Å²) < 4.78 is 4.61. The van der Waals surface area contributed by atoms with E-state index in [-0.39, 0.29) is 5.41 Å². The van der Waals surface area contributed by atoms with Crippen LogP contribution >= 0.6 is 0 Å². The minimum Gasteiger partial charge on any atom is -0.313 e. The third kappa shape index (κ3) is 4.59. The van der Waals surface area contributed by atoms with E-state index in [9.17, 15) is 0 Å². The summed E-state index contributed by atoms with van der Waals surface area (Å²) in [5.74, 6) is 0. The highest BCUT2D eigenvalue weighted by Gasteiger charge is 2.36. The smallest absolute Gasteiger partial charge is 0.0531 e. The average molecular weight is 575 g/mol. The molecule has 0 atom stereocenters. The first-order valence-corrected chi connectivity index (χ1v) is 15.1. The molecule has 0 radical (unpaired) electrons. The first-order valence-electron chi connectivity index (χ1n) is 15.1. The van der Waals surface area contributed by atoms with E-state index in [0.717, 1.165) is 45.1 Å². The summed E-state index contributed by atoms with van der Waals surface area (Å²) >= 11 is 0. The van der Waals surface area contributed by atoms with Crippen molar-refractivity contribution in [2.75, 3.05) is 0 Å². The van der Waals surface area contributed by atoms with Gasteiger partial charge in [0.15, 0.2) is 0 Å². The molecule has 0 N–H and O–H groups in total. The molecule has 0 unspecified atom stereocenters. The molecule has 1 aliphatic rings. The molecule has 0 fully saturated rings. The van der Waals surface area contributed by atoms with Crippen LogP contribution in [0.3, 0.4) is 0 Å². The highest BCUT2D eigenvalue weighted by atomic mass is 15.0. The molecule has 0 saturated carbocycles. The topological polar surface area (TPSA) is 9.86 Å². The molecule has 1 aliphatic carbocycles. The minimum atomic E-state index is -0.202. The van der Waals surface area contributed by atoms with Crippen LogP contribution in [0.2, 0.25) is 0 Å². The van der Waals surface area contributed by atoms with E-state index in [1.165, 1.54) is 33.5 Å². The third-order valence-electron chi connectivity index (χ3n) is 8.95. The molecule has 5 rings (SSSR count). The van der Waals surface area contributed by atoms with Crippen molar-refractivity contribution in [2.24, 2.45) is 0 Å². The van der Waals surface area contributed by atoms with Crippen molar-refractivity contribution >= 4 is 36.5 Å². The first kappa shape index (κ1) is 30.4. The lowest BCUT2D eigenvalue weighted by atomic mass is 9.82. The number of hydrogen-bond donors (Lipinski definition) is 0. The van der Waals surface area contributed by atoms with Crippen LogP contribution < -0.4 is 0 Å². The van der Waals surface area contributed by atoms with Crippen molar-refractivity contribution in [3.8, 4) is 22.5 Å². The fraction of sp³-hybridized carbons (Fsp3) is 0.143. The fourth-order valence-electron chi connectivity index (χ4n) is 6.87. The summed E-state index contributed by atoms with van der Waals surface area (Å²) in [5.41, 5.74) is 16.2. The largest absolute Gasteiger partial charge is 0.313 e. The van der Waals surface area contributed by atoms with Gasteiger partial charge in [-0.1, -0.05) is 114 Å². The maximum atomic E-state index is 4.19. The van der Waals surface area contributed by atoms with Crippen LogP contribution in [0.4, 0.5) is 0 Å². The Labute approximate surface area is 263 Å². The third-order valence-corrected chi connectivity index (χ3v) is 8.95. The SMILES string of the molecule is C=C/C=C\c1c(C=C)c(C=C)n(-c2ccc3c(c2)C(C)(C)c2cc(-n4c(C)c(/C=C\C=C)c(/C=C\C)c4C=C)ccc2-3)c1C. The number of aromatic nitrogens is 2. The molecule has 0 aliphatic heterocycles. The van der Waals surface area contributed by atoms with E-state index in [1.807, 2.05) is 43.4 Å². The Balaban J connectivity index is 1.68. The zero-order chi connectivity index (χ0) is 31.8. The van der Waals surface area contributed by atoms with Crippen molar-refractivity contribution in [3.05, 3.63) is 156 Å². The number of hydrogen-bond acceptors (Lipinski definition) is 0. The van der Waals surface area contributed by atoms with E-state index in [0.29, 0.717) is 0 Å². The number of rotatable bonds is 10. The number of nitrogens with zero attached hydrogens (tertiary/aromatic N) is 2. The van der Waals surface area contributed by atoms with Crippen LogP contribution in [0.15, 0.2) is 99.7 Å². The Morgan fingerprint density at radius 3 is 1.45 bits per heavy atom. The van der Waals surface area contributed by atoms with Gasteiger partial charge in [-0.3, -0.25) is 0 Å². The second kappa shape index (κ2) is 11.9. The van der Waals surface area contributed by atoms with E-state index in [1.54, 1.807) is 6.08 Å². The second-order valence-corrected chi connectivity index (χ2v) is 11.7. The Morgan fingerprint density at radius 1 is 0.591 bits per heavy atom. The predicted octanol–water partition coefficient (Wildman–Crippen LogP) is 11.6. The fourth-order valence-corrected chi connectivity index (χ4v) is 6.87. The highest BCUT2D eigenvalue weighted by molar-refractivity contribution is 5.84. The molecule has 0 saturated heterocycles. The lowest BCUT2D eigenvalue weighted by molar-refractivity contribution is 0.658. The van der Waals surface area contributed by atoms with Crippen molar-refractivity contribution in [2.45, 2.75) is 40.0 Å². The van der Waals surface area contributed by atoms with Gasteiger partial charge in [-0.05, 0) is 79.4 Å². The maximum absolute atomic E-state index is 4.19. The zero-order valence-electron chi connectivity index (χ0n) is 26.7. The minimum absolute atomic E-state index is 0.202. The summed E-state index contributed by atoms with van der Waals surface area (Å²) in [6.45, 7) is 31.2. The molecule has 220 valence electrons. The van der Waals surface area contributed by atoms with E-state index in [2.05, 4.69) is 130 Å². The number of fused-ring (bicyclic) bond motifs is 3. The Hall–Kier alpha value is -5.08. The first-order chi connectivity index (χ1) is 21.2. The van der Waals surface area contributed by atoms with Gasteiger partial charge in [0, 0.05) is 50.4 Å². The van der Waals surface area contributed by atoms with E-state index in [4.69, 9.17) is 0 Å². The number of benzene rings is 2. The van der Waals surface area contributed by atoms with Gasteiger partial charge in [-0.15, -0.1) is 0 Å². The average Bonchev–Trinajstić information content (AvgIpc) is 3.55. The summed E-state index contributed by atoms with van der Waals surface area (Å²) in [6.07, 6.45) is 21.8. The van der Waals surface area contributed by atoms with Crippen LogP contribution in [0.25, 0.3) is 59.0 Å². The van der Waals surface area contributed by atoms with E-state index >= 15 is 0 Å². The van der Waals surface area contributed by atoms with Gasteiger partial charge < -0.3 is 9.13 Å². The molecule has 2 aromatic carbocycles. The molecule has 2 heterocycles. The van der Waals surface area contributed by atoms with Gasteiger partial charge in [0.25, 0.3) is 0 Å². The Morgan fingerprint density at radius 2 is 1.05 bits per heavy atom.